The number of anilines is 1. The van der Waals surface area contributed by atoms with Crippen LogP contribution in [0.5, 0.6) is 0 Å². The largest absolute Gasteiger partial charge is 0.385 e. The van der Waals surface area contributed by atoms with Crippen LogP contribution in [0.1, 0.15) is 34.1 Å². The molecule has 0 radical (unpaired) electrons. The fourth-order valence-electron chi connectivity index (χ4n) is 2.39. The summed E-state index contributed by atoms with van der Waals surface area (Å²) < 4.78 is 4.87. The van der Waals surface area contributed by atoms with E-state index in [2.05, 4.69) is 20.8 Å². The van der Waals surface area contributed by atoms with Crippen LogP contribution in [0.2, 0.25) is 0 Å². The van der Waals surface area contributed by atoms with Gasteiger partial charge in [-0.25, -0.2) is 0 Å². The monoisotopic (exact) mass is 272 g/mol. The van der Waals surface area contributed by atoms with Gasteiger partial charge in [0.25, 0.3) is 5.91 Å². The third-order valence-electron chi connectivity index (χ3n) is 3.32. The summed E-state index contributed by atoms with van der Waals surface area (Å²) in [5, 5.41) is 9.90. The number of nitrogens with one attached hydrogen (secondary N) is 2. The molecule has 0 atom stereocenters. The minimum Gasteiger partial charge on any atom is -0.385 e. The van der Waals surface area contributed by atoms with Crippen LogP contribution in [0, 0.1) is 6.92 Å². The third-order valence-corrected chi connectivity index (χ3v) is 3.32. The van der Waals surface area contributed by atoms with Crippen LogP contribution in [-0.2, 0) is 13.0 Å². The van der Waals surface area contributed by atoms with E-state index in [4.69, 9.17) is 4.52 Å². The van der Waals surface area contributed by atoms with Gasteiger partial charge in [0.15, 0.2) is 5.82 Å². The van der Waals surface area contributed by atoms with E-state index >= 15 is 0 Å². The number of hydrogen-bond donors (Lipinski definition) is 2. The molecule has 0 unspecified atom stereocenters. The molecule has 20 heavy (non-hydrogen) atoms. The van der Waals surface area contributed by atoms with Crippen LogP contribution in [-0.4, -0.2) is 22.6 Å². The van der Waals surface area contributed by atoms with Gasteiger partial charge in [0.1, 0.15) is 0 Å². The minimum atomic E-state index is -0.104. The van der Waals surface area contributed by atoms with Gasteiger partial charge in [0, 0.05) is 24.7 Å². The second-order valence-corrected chi connectivity index (χ2v) is 4.77. The Labute approximate surface area is 116 Å². The maximum absolute atomic E-state index is 12.3. The molecule has 0 bridgehead atoms. The predicted molar refractivity (Wildman–Crippen MR) is 73.5 cm³/mol. The molecule has 6 heteroatoms. The van der Waals surface area contributed by atoms with Crippen molar-refractivity contribution in [2.24, 2.45) is 0 Å². The van der Waals surface area contributed by atoms with E-state index in [-0.39, 0.29) is 12.5 Å². The van der Waals surface area contributed by atoms with Crippen molar-refractivity contribution in [3.8, 4) is 0 Å². The highest BCUT2D eigenvalue weighted by molar-refractivity contribution is 5.97. The van der Waals surface area contributed by atoms with E-state index in [9.17, 15) is 4.79 Å². The highest BCUT2D eigenvalue weighted by Gasteiger charge is 2.17. The van der Waals surface area contributed by atoms with E-state index < -0.39 is 0 Å². The number of rotatable bonds is 3. The van der Waals surface area contributed by atoms with Gasteiger partial charge in [0.05, 0.1) is 6.54 Å². The molecule has 1 aromatic heterocycles. The van der Waals surface area contributed by atoms with E-state index in [0.717, 1.165) is 36.2 Å². The van der Waals surface area contributed by atoms with Gasteiger partial charge < -0.3 is 15.2 Å². The van der Waals surface area contributed by atoms with Crippen molar-refractivity contribution in [3.05, 3.63) is 41.0 Å². The molecule has 2 aromatic rings. The van der Waals surface area contributed by atoms with Crippen molar-refractivity contribution in [1.29, 1.82) is 0 Å². The van der Waals surface area contributed by atoms with Crippen molar-refractivity contribution < 1.29 is 9.32 Å². The highest BCUT2D eigenvalue weighted by atomic mass is 16.5. The molecule has 2 heterocycles. The Morgan fingerprint density at radius 1 is 1.50 bits per heavy atom. The first-order valence-electron chi connectivity index (χ1n) is 6.67. The van der Waals surface area contributed by atoms with Gasteiger partial charge in [-0.1, -0.05) is 11.2 Å². The van der Waals surface area contributed by atoms with Gasteiger partial charge in [-0.3, -0.25) is 4.79 Å². The molecule has 1 amide bonds. The average Bonchev–Trinajstić information content (AvgIpc) is 2.90. The molecule has 2 N–H and O–H groups in total. The van der Waals surface area contributed by atoms with Gasteiger partial charge >= 0.3 is 0 Å². The zero-order valence-corrected chi connectivity index (χ0v) is 11.3. The molecule has 6 nitrogen and oxygen atoms in total. The van der Waals surface area contributed by atoms with Crippen LogP contribution in [0.15, 0.2) is 22.7 Å². The van der Waals surface area contributed by atoms with Gasteiger partial charge in [-0.05, 0) is 30.5 Å². The molecule has 1 aliphatic rings. The lowest BCUT2D eigenvalue weighted by molar-refractivity contribution is 0.0948. The molecule has 0 saturated carbocycles. The average molecular weight is 272 g/mol. The zero-order chi connectivity index (χ0) is 13.9. The number of aromatic nitrogens is 2. The molecule has 0 fully saturated rings. The smallest absolute Gasteiger partial charge is 0.252 e. The topological polar surface area (TPSA) is 80.0 Å². The molecule has 3 rings (SSSR count). The number of nitrogens with zero attached hydrogens (tertiary/aromatic N) is 2. The van der Waals surface area contributed by atoms with Gasteiger partial charge in [-0.2, -0.15) is 4.98 Å². The first-order chi connectivity index (χ1) is 9.74. The minimum absolute atomic E-state index is 0.104. The number of amides is 1. The fraction of sp³-hybridized carbons (Fsp3) is 0.357. The number of fused-ring (bicyclic) bond motifs is 1. The Kier molecular flexibility index (Phi) is 3.37. The summed E-state index contributed by atoms with van der Waals surface area (Å²) in [6.45, 7) is 2.95. The summed E-state index contributed by atoms with van der Waals surface area (Å²) in [4.78, 5) is 16.3. The Morgan fingerprint density at radius 2 is 2.40 bits per heavy atom. The van der Waals surface area contributed by atoms with Crippen molar-refractivity contribution in [3.63, 3.8) is 0 Å². The molecule has 0 saturated heterocycles. The van der Waals surface area contributed by atoms with Crippen molar-refractivity contribution in [2.45, 2.75) is 26.3 Å². The normalized spacial score (nSPS) is 13.4. The van der Waals surface area contributed by atoms with Crippen LogP contribution in [0.3, 0.4) is 0 Å². The Balaban J connectivity index is 1.74. The van der Waals surface area contributed by atoms with E-state index in [1.165, 1.54) is 0 Å². The summed E-state index contributed by atoms with van der Waals surface area (Å²) in [7, 11) is 0. The van der Waals surface area contributed by atoms with Crippen LogP contribution in [0.25, 0.3) is 0 Å². The van der Waals surface area contributed by atoms with E-state index in [0.29, 0.717) is 11.7 Å². The van der Waals surface area contributed by atoms with Crippen molar-refractivity contribution in [2.75, 3.05) is 11.9 Å². The molecular formula is C14H16N4O2. The maximum atomic E-state index is 12.3. The number of aryl methyl sites for hydroxylation is 1. The van der Waals surface area contributed by atoms with Crippen molar-refractivity contribution >= 4 is 11.6 Å². The molecule has 0 spiro atoms. The van der Waals surface area contributed by atoms with E-state index in [1.807, 2.05) is 18.2 Å². The molecule has 1 aromatic carbocycles. The first kappa shape index (κ1) is 12.7. The number of benzene rings is 1. The van der Waals surface area contributed by atoms with Gasteiger partial charge in [-0.15, -0.1) is 0 Å². The first-order valence-corrected chi connectivity index (χ1v) is 6.67. The SMILES string of the molecule is Cc1nc(CNC(=O)c2cccc3c2CCCN3)no1. The lowest BCUT2D eigenvalue weighted by Gasteiger charge is -2.20. The van der Waals surface area contributed by atoms with Gasteiger partial charge in [0.2, 0.25) is 5.89 Å². The molecule has 0 aliphatic carbocycles. The number of hydrogen-bond acceptors (Lipinski definition) is 5. The third kappa shape index (κ3) is 2.49. The number of carbonyl (C=O) groups excluding carboxylic acids is 1. The predicted octanol–water partition coefficient (Wildman–Crippen LogP) is 1.67. The summed E-state index contributed by atoms with van der Waals surface area (Å²) in [5.74, 6) is 0.877. The summed E-state index contributed by atoms with van der Waals surface area (Å²) >= 11 is 0. The standard InChI is InChI=1S/C14H16N4O2/c1-9-17-13(18-20-9)8-16-14(19)11-4-2-6-12-10(11)5-3-7-15-12/h2,4,6,15H,3,5,7-8H2,1H3,(H,16,19). The molecule has 104 valence electrons. The lowest BCUT2D eigenvalue weighted by atomic mass is 9.97. The fourth-order valence-corrected chi connectivity index (χ4v) is 2.39. The Bertz CT molecular complexity index is 636. The molecule has 1 aliphatic heterocycles. The molecular weight excluding hydrogens is 256 g/mol. The van der Waals surface area contributed by atoms with Crippen LogP contribution >= 0.6 is 0 Å². The Morgan fingerprint density at radius 3 is 3.20 bits per heavy atom. The van der Waals surface area contributed by atoms with Crippen LogP contribution < -0.4 is 10.6 Å². The zero-order valence-electron chi connectivity index (χ0n) is 11.3. The quantitative estimate of drug-likeness (QED) is 0.888. The number of carbonyl (C=O) groups is 1. The van der Waals surface area contributed by atoms with Crippen LogP contribution in [0.4, 0.5) is 5.69 Å². The lowest BCUT2D eigenvalue weighted by Crippen LogP contribution is -2.26. The second kappa shape index (κ2) is 5.32. The summed E-state index contributed by atoms with van der Waals surface area (Å²) in [6.07, 6.45) is 1.97. The summed E-state index contributed by atoms with van der Waals surface area (Å²) in [6, 6.07) is 5.75. The van der Waals surface area contributed by atoms with Crippen molar-refractivity contribution in [1.82, 2.24) is 15.5 Å². The Hall–Kier alpha value is -2.37. The summed E-state index contributed by atoms with van der Waals surface area (Å²) in [5.41, 5.74) is 2.86. The second-order valence-electron chi connectivity index (χ2n) is 4.77. The maximum Gasteiger partial charge on any atom is 0.252 e. The van der Waals surface area contributed by atoms with E-state index in [1.54, 1.807) is 6.92 Å². The highest BCUT2D eigenvalue weighted by Crippen LogP contribution is 2.25.